The van der Waals surface area contributed by atoms with Crippen molar-refractivity contribution in [3.63, 3.8) is 0 Å². The monoisotopic (exact) mass is 291 g/mol. The molecule has 1 aliphatic heterocycles. The van der Waals surface area contributed by atoms with Gasteiger partial charge in [0.25, 0.3) is 0 Å². The van der Waals surface area contributed by atoms with Crippen LogP contribution in [0.15, 0.2) is 10.2 Å². The number of aromatic nitrogens is 1. The normalized spacial score (nSPS) is 19.2. The van der Waals surface area contributed by atoms with Crippen LogP contribution in [0, 0.1) is 0 Å². The van der Waals surface area contributed by atoms with Crippen LogP contribution in [0.2, 0.25) is 0 Å². The molecule has 2 N–H and O–H groups in total. The number of piperidine rings is 1. The first-order valence-corrected chi connectivity index (χ1v) is 8.53. The Bertz CT molecular complexity index is 541. The molecule has 18 heavy (non-hydrogen) atoms. The summed E-state index contributed by atoms with van der Waals surface area (Å²) in [7, 11) is -3.05. The number of nitrogens with one attached hydrogen (secondary N) is 2. The predicted octanol–water partition coefficient (Wildman–Crippen LogP) is -0.0500. The van der Waals surface area contributed by atoms with E-state index in [4.69, 9.17) is 0 Å². The van der Waals surface area contributed by atoms with Gasteiger partial charge in [-0.15, -0.1) is 0 Å². The molecule has 102 valence electrons. The average Bonchev–Trinajstić information content (AvgIpc) is 2.72. The van der Waals surface area contributed by atoms with Crippen LogP contribution in [-0.4, -0.2) is 43.1 Å². The smallest absolute Gasteiger partial charge is 0.304 e. The van der Waals surface area contributed by atoms with Gasteiger partial charge in [0.2, 0.25) is 10.0 Å². The quantitative estimate of drug-likeness (QED) is 0.815. The fraction of sp³-hybridized carbons (Fsp3) is 0.700. The lowest BCUT2D eigenvalue weighted by atomic mass is 10.1. The molecule has 0 radical (unpaired) electrons. The number of H-pyrrole nitrogens is 1. The van der Waals surface area contributed by atoms with Gasteiger partial charge in [-0.3, -0.25) is 4.79 Å². The summed E-state index contributed by atoms with van der Waals surface area (Å²) in [5, 5.41) is 5.14. The molecule has 8 heteroatoms. The van der Waals surface area contributed by atoms with Crippen molar-refractivity contribution >= 4 is 21.4 Å². The second-order valence-electron chi connectivity index (χ2n) is 4.49. The predicted molar refractivity (Wildman–Crippen MR) is 71.2 cm³/mol. The largest absolute Gasteiger partial charge is 0.315 e. The van der Waals surface area contributed by atoms with Crippen LogP contribution in [0.4, 0.5) is 0 Å². The van der Waals surface area contributed by atoms with E-state index in [9.17, 15) is 13.2 Å². The summed E-state index contributed by atoms with van der Waals surface area (Å²) in [6, 6.07) is 0.311. The van der Waals surface area contributed by atoms with Gasteiger partial charge < -0.3 is 10.3 Å². The van der Waals surface area contributed by atoms with Crippen molar-refractivity contribution in [2.75, 3.05) is 19.3 Å². The van der Waals surface area contributed by atoms with Crippen LogP contribution < -0.4 is 10.2 Å². The van der Waals surface area contributed by atoms with E-state index in [1.165, 1.54) is 10.6 Å². The van der Waals surface area contributed by atoms with E-state index in [1.807, 2.05) is 0 Å². The maximum absolute atomic E-state index is 11.3. The summed E-state index contributed by atoms with van der Waals surface area (Å²) in [4.78, 5) is 13.7. The minimum Gasteiger partial charge on any atom is -0.315 e. The minimum atomic E-state index is -3.05. The first-order chi connectivity index (χ1) is 8.45. The van der Waals surface area contributed by atoms with Gasteiger partial charge in [-0.05, 0) is 12.8 Å². The molecular weight excluding hydrogens is 274 g/mol. The molecule has 0 saturated carbocycles. The van der Waals surface area contributed by atoms with Gasteiger partial charge in [0, 0.05) is 36.8 Å². The van der Waals surface area contributed by atoms with Crippen LogP contribution in [0.5, 0.6) is 0 Å². The molecule has 2 rings (SSSR count). The summed E-state index contributed by atoms with van der Waals surface area (Å²) < 4.78 is 24.2. The molecule has 6 nitrogen and oxygen atoms in total. The number of hydrogen-bond donors (Lipinski definition) is 2. The highest BCUT2D eigenvalue weighted by Gasteiger charge is 2.24. The van der Waals surface area contributed by atoms with Gasteiger partial charge in [0.1, 0.15) is 0 Å². The summed E-state index contributed by atoms with van der Waals surface area (Å²) in [6.45, 7) is 1.76. The van der Waals surface area contributed by atoms with E-state index in [2.05, 4.69) is 10.3 Å². The molecule has 0 spiro atoms. The molecule has 0 atom stereocenters. The zero-order chi connectivity index (χ0) is 13.2. The molecule has 1 aromatic heterocycles. The Balaban J connectivity index is 1.79. The number of aromatic amines is 1. The third-order valence-corrected chi connectivity index (χ3v) is 5.10. The zero-order valence-corrected chi connectivity index (χ0v) is 11.8. The molecule has 0 bridgehead atoms. The van der Waals surface area contributed by atoms with E-state index in [-0.39, 0.29) is 4.87 Å². The van der Waals surface area contributed by atoms with Crippen molar-refractivity contribution in [1.29, 1.82) is 0 Å². The van der Waals surface area contributed by atoms with Gasteiger partial charge in [0.15, 0.2) is 0 Å². The van der Waals surface area contributed by atoms with Gasteiger partial charge in [0.05, 0.1) is 6.26 Å². The summed E-state index contributed by atoms with van der Waals surface area (Å²) in [6.07, 6.45) is 2.86. The van der Waals surface area contributed by atoms with Crippen molar-refractivity contribution in [2.24, 2.45) is 0 Å². The van der Waals surface area contributed by atoms with Crippen LogP contribution in [0.1, 0.15) is 18.5 Å². The van der Waals surface area contributed by atoms with E-state index in [0.29, 0.717) is 25.7 Å². The fourth-order valence-electron chi connectivity index (χ4n) is 2.05. The summed E-state index contributed by atoms with van der Waals surface area (Å²) >= 11 is 1.16. The van der Waals surface area contributed by atoms with Gasteiger partial charge in [-0.1, -0.05) is 11.3 Å². The van der Waals surface area contributed by atoms with E-state index >= 15 is 0 Å². The van der Waals surface area contributed by atoms with Crippen molar-refractivity contribution in [3.05, 3.63) is 20.7 Å². The lowest BCUT2D eigenvalue weighted by Crippen LogP contribution is -2.44. The van der Waals surface area contributed by atoms with Crippen LogP contribution in [0.3, 0.4) is 0 Å². The Morgan fingerprint density at radius 3 is 2.67 bits per heavy atom. The Labute approximate surface area is 110 Å². The second-order valence-corrected chi connectivity index (χ2v) is 7.32. The highest BCUT2D eigenvalue weighted by Crippen LogP contribution is 2.13. The first kappa shape index (κ1) is 13.7. The van der Waals surface area contributed by atoms with Crippen molar-refractivity contribution in [3.8, 4) is 0 Å². The zero-order valence-electron chi connectivity index (χ0n) is 10.2. The van der Waals surface area contributed by atoms with Crippen molar-refractivity contribution in [1.82, 2.24) is 14.6 Å². The van der Waals surface area contributed by atoms with E-state index in [1.54, 1.807) is 5.38 Å². The van der Waals surface area contributed by atoms with Gasteiger partial charge in [-0.25, -0.2) is 12.7 Å². The van der Waals surface area contributed by atoms with Gasteiger partial charge in [-0.2, -0.15) is 0 Å². The molecule has 1 fully saturated rings. The molecule has 1 aromatic rings. The Hall–Kier alpha value is -0.700. The highest BCUT2D eigenvalue weighted by atomic mass is 32.2. The molecule has 0 unspecified atom stereocenters. The maximum Gasteiger partial charge on any atom is 0.304 e. The number of thiazole rings is 1. The average molecular weight is 291 g/mol. The van der Waals surface area contributed by atoms with E-state index < -0.39 is 10.0 Å². The van der Waals surface area contributed by atoms with Gasteiger partial charge >= 0.3 is 4.87 Å². The topological polar surface area (TPSA) is 82.3 Å². The molecular formula is C10H17N3O3S2. The molecule has 0 aromatic carbocycles. The second kappa shape index (κ2) is 5.52. The van der Waals surface area contributed by atoms with Crippen molar-refractivity contribution < 1.29 is 8.42 Å². The highest BCUT2D eigenvalue weighted by molar-refractivity contribution is 7.88. The maximum atomic E-state index is 11.3. The number of hydrogen-bond acceptors (Lipinski definition) is 5. The Morgan fingerprint density at radius 1 is 1.50 bits per heavy atom. The van der Waals surface area contributed by atoms with Crippen LogP contribution in [0.25, 0.3) is 0 Å². The third kappa shape index (κ3) is 3.64. The summed E-state index contributed by atoms with van der Waals surface area (Å²) in [5.41, 5.74) is 0.885. The molecule has 1 saturated heterocycles. The third-order valence-electron chi connectivity index (χ3n) is 3.07. The number of rotatable bonds is 4. The Morgan fingerprint density at radius 2 is 2.17 bits per heavy atom. The molecule has 0 amide bonds. The molecule has 2 heterocycles. The summed E-state index contributed by atoms with van der Waals surface area (Å²) in [5.74, 6) is 0. The standard InChI is InChI=1S/C10H17N3O3S2/c1-18(15,16)13-4-2-8(3-5-13)11-6-9-7-17-10(14)12-9/h7-8,11H,2-6H2,1H3,(H,12,14). The number of nitrogens with zero attached hydrogens (tertiary/aromatic N) is 1. The first-order valence-electron chi connectivity index (χ1n) is 5.80. The lowest BCUT2D eigenvalue weighted by molar-refractivity contribution is 0.289. The lowest BCUT2D eigenvalue weighted by Gasteiger charge is -2.30. The molecule has 1 aliphatic rings. The van der Waals surface area contributed by atoms with Crippen LogP contribution >= 0.6 is 11.3 Å². The SMILES string of the molecule is CS(=O)(=O)N1CCC(NCc2csc(=O)[nH]2)CC1. The van der Waals surface area contributed by atoms with Crippen molar-refractivity contribution in [2.45, 2.75) is 25.4 Å². The van der Waals surface area contributed by atoms with Crippen LogP contribution in [-0.2, 0) is 16.6 Å². The minimum absolute atomic E-state index is 0.0429. The fourth-order valence-corrected chi connectivity index (χ4v) is 3.50. The van der Waals surface area contributed by atoms with E-state index in [0.717, 1.165) is 29.9 Å². The number of sulfonamides is 1. The molecule has 0 aliphatic carbocycles. The Kier molecular flexibility index (Phi) is 4.21.